The van der Waals surface area contributed by atoms with E-state index in [0.29, 0.717) is 11.3 Å². The van der Waals surface area contributed by atoms with Crippen molar-refractivity contribution < 1.29 is 9.59 Å². The minimum absolute atomic E-state index is 0.0599. The number of nitrogens with one attached hydrogen (secondary N) is 1. The topological polar surface area (TPSA) is 49.4 Å². The third-order valence-corrected chi connectivity index (χ3v) is 3.41. The van der Waals surface area contributed by atoms with Crippen molar-refractivity contribution in [3.63, 3.8) is 0 Å². The van der Waals surface area contributed by atoms with Gasteiger partial charge >= 0.3 is 0 Å². The van der Waals surface area contributed by atoms with Gasteiger partial charge in [-0.25, -0.2) is 0 Å². The maximum atomic E-state index is 12.0. The first kappa shape index (κ1) is 14.3. The average molecular weight is 272 g/mol. The largest absolute Gasteiger partial charge is 0.383 e. The van der Waals surface area contributed by atoms with Crippen LogP contribution in [0.15, 0.2) is 36.5 Å². The number of nitrogens with zero attached hydrogens (tertiary/aromatic N) is 1. The first-order chi connectivity index (χ1) is 9.56. The van der Waals surface area contributed by atoms with Gasteiger partial charge in [0.25, 0.3) is 0 Å². The average Bonchev–Trinajstić information content (AvgIpc) is 2.34. The van der Waals surface area contributed by atoms with Crippen LogP contribution < -0.4 is 5.32 Å². The van der Waals surface area contributed by atoms with Gasteiger partial charge in [0, 0.05) is 43.5 Å². The zero-order chi connectivity index (χ0) is 14.5. The highest BCUT2D eigenvalue weighted by Gasteiger charge is 2.25. The Bertz CT molecular complexity index is 531. The highest BCUT2D eigenvalue weighted by atomic mass is 16.2. The first-order valence-corrected chi connectivity index (χ1v) is 6.86. The summed E-state index contributed by atoms with van der Waals surface area (Å²) in [6.45, 7) is 0. The number of hydrogen-bond acceptors (Lipinski definition) is 3. The molecular weight excluding hydrogens is 252 g/mol. The Balaban J connectivity index is 2.03. The summed E-state index contributed by atoms with van der Waals surface area (Å²) in [7, 11) is 3.72. The second kappa shape index (κ2) is 6.37. The summed E-state index contributed by atoms with van der Waals surface area (Å²) >= 11 is 0. The fourth-order valence-corrected chi connectivity index (χ4v) is 1.98. The number of allylic oxidation sites excluding steroid dienone is 1. The van der Waals surface area contributed by atoms with E-state index in [-0.39, 0.29) is 17.6 Å². The zero-order valence-electron chi connectivity index (χ0n) is 11.9. The predicted molar refractivity (Wildman–Crippen MR) is 79.6 cm³/mol. The Morgan fingerprint density at radius 2 is 2.05 bits per heavy atom. The third-order valence-electron chi connectivity index (χ3n) is 3.41. The lowest BCUT2D eigenvalue weighted by Crippen LogP contribution is -2.28. The van der Waals surface area contributed by atoms with Gasteiger partial charge in [0.1, 0.15) is 0 Å². The quantitative estimate of drug-likeness (QED) is 0.662. The van der Waals surface area contributed by atoms with Gasteiger partial charge in [-0.3, -0.25) is 9.59 Å². The van der Waals surface area contributed by atoms with Crippen molar-refractivity contribution in [1.29, 1.82) is 0 Å². The van der Waals surface area contributed by atoms with Gasteiger partial charge in [-0.05, 0) is 25.0 Å². The van der Waals surface area contributed by atoms with E-state index in [2.05, 4.69) is 5.32 Å². The van der Waals surface area contributed by atoms with Crippen molar-refractivity contribution >= 4 is 17.4 Å². The van der Waals surface area contributed by atoms with Crippen molar-refractivity contribution in [2.45, 2.75) is 19.3 Å². The van der Waals surface area contributed by atoms with Crippen LogP contribution in [0.5, 0.6) is 0 Å². The molecule has 4 heteroatoms. The number of hydrogen-bond donors (Lipinski definition) is 1. The highest BCUT2D eigenvalue weighted by Crippen LogP contribution is 2.27. The molecule has 1 aromatic carbocycles. The fourth-order valence-electron chi connectivity index (χ4n) is 1.98. The van der Waals surface area contributed by atoms with E-state index >= 15 is 0 Å². The van der Waals surface area contributed by atoms with E-state index in [9.17, 15) is 9.59 Å². The van der Waals surface area contributed by atoms with Crippen molar-refractivity contribution in [3.05, 3.63) is 42.1 Å². The number of amides is 1. The molecule has 2 rings (SSSR count). The summed E-state index contributed by atoms with van der Waals surface area (Å²) in [6, 6.07) is 7.07. The molecule has 0 radical (unpaired) electrons. The number of carbonyl (C=O) groups excluding carboxylic acids is 2. The normalized spacial score (nSPS) is 14.9. The lowest BCUT2D eigenvalue weighted by atomic mass is 9.85. The Kier molecular flexibility index (Phi) is 4.56. The molecule has 0 bridgehead atoms. The maximum absolute atomic E-state index is 12.0. The molecule has 1 aliphatic carbocycles. The number of rotatable bonds is 5. The Labute approximate surface area is 119 Å². The van der Waals surface area contributed by atoms with Crippen LogP contribution in [0.25, 0.3) is 0 Å². The van der Waals surface area contributed by atoms with Gasteiger partial charge in [0.15, 0.2) is 5.78 Å². The van der Waals surface area contributed by atoms with Crippen LogP contribution in [0.1, 0.15) is 29.6 Å². The Hall–Kier alpha value is -2.10. The summed E-state index contributed by atoms with van der Waals surface area (Å²) in [6.07, 6.45) is 6.30. The first-order valence-electron chi connectivity index (χ1n) is 6.86. The SMILES string of the molecule is CN(C)/C=C/C(=O)c1cccc(NC(=O)C2CCC2)c1. The van der Waals surface area contributed by atoms with Crippen molar-refractivity contribution in [2.75, 3.05) is 19.4 Å². The second-order valence-corrected chi connectivity index (χ2v) is 5.34. The third kappa shape index (κ3) is 3.70. The second-order valence-electron chi connectivity index (χ2n) is 5.34. The highest BCUT2D eigenvalue weighted by molar-refractivity contribution is 6.05. The van der Waals surface area contributed by atoms with Gasteiger partial charge in [-0.2, -0.15) is 0 Å². The minimum atomic E-state index is -0.0709. The van der Waals surface area contributed by atoms with Gasteiger partial charge in [-0.15, -0.1) is 0 Å². The molecule has 0 aromatic heterocycles. The molecule has 0 heterocycles. The van der Waals surface area contributed by atoms with Crippen molar-refractivity contribution in [1.82, 2.24) is 4.90 Å². The molecule has 0 spiro atoms. The number of anilines is 1. The lowest BCUT2D eigenvalue weighted by molar-refractivity contribution is -0.122. The summed E-state index contributed by atoms with van der Waals surface area (Å²) in [5.74, 6) is 0.131. The zero-order valence-corrected chi connectivity index (χ0v) is 11.9. The van der Waals surface area contributed by atoms with Crippen LogP contribution in [0.4, 0.5) is 5.69 Å². The molecule has 106 valence electrons. The maximum Gasteiger partial charge on any atom is 0.227 e. The predicted octanol–water partition coefficient (Wildman–Crippen LogP) is 2.68. The molecule has 1 amide bonds. The van der Waals surface area contributed by atoms with Gasteiger partial charge in [0.2, 0.25) is 5.91 Å². The van der Waals surface area contributed by atoms with E-state index in [0.717, 1.165) is 19.3 Å². The molecule has 1 aliphatic rings. The fraction of sp³-hybridized carbons (Fsp3) is 0.375. The van der Waals surface area contributed by atoms with Crippen molar-refractivity contribution in [3.8, 4) is 0 Å². The van der Waals surface area contributed by atoms with Gasteiger partial charge in [-0.1, -0.05) is 18.6 Å². The lowest BCUT2D eigenvalue weighted by Gasteiger charge is -2.24. The molecule has 1 saturated carbocycles. The van der Waals surface area contributed by atoms with Gasteiger partial charge < -0.3 is 10.2 Å². The number of ketones is 1. The Morgan fingerprint density at radius 1 is 1.30 bits per heavy atom. The van der Waals surface area contributed by atoms with Crippen LogP contribution >= 0.6 is 0 Å². The smallest absolute Gasteiger partial charge is 0.227 e. The molecular formula is C16H20N2O2. The summed E-state index contributed by atoms with van der Waals surface area (Å²) in [4.78, 5) is 25.6. The van der Waals surface area contributed by atoms with E-state index in [1.165, 1.54) is 6.08 Å². The van der Waals surface area contributed by atoms with E-state index in [4.69, 9.17) is 0 Å². The van der Waals surface area contributed by atoms with Crippen molar-refractivity contribution in [2.24, 2.45) is 5.92 Å². The monoisotopic (exact) mass is 272 g/mol. The van der Waals surface area contributed by atoms with Crippen LogP contribution in [0, 0.1) is 5.92 Å². The summed E-state index contributed by atoms with van der Waals surface area (Å²) < 4.78 is 0. The molecule has 0 saturated heterocycles. The van der Waals surface area contributed by atoms with Crippen LogP contribution in [0.3, 0.4) is 0 Å². The van der Waals surface area contributed by atoms with E-state index in [1.807, 2.05) is 20.2 Å². The standard InChI is InChI=1S/C16H20N2O2/c1-18(2)10-9-15(19)13-7-4-8-14(11-13)17-16(20)12-5-3-6-12/h4,7-12H,3,5-6H2,1-2H3,(H,17,20)/b10-9+. The molecule has 4 nitrogen and oxygen atoms in total. The summed E-state index contributed by atoms with van der Waals surface area (Å²) in [5.41, 5.74) is 1.26. The Morgan fingerprint density at radius 3 is 2.65 bits per heavy atom. The molecule has 1 aromatic rings. The van der Waals surface area contributed by atoms with E-state index < -0.39 is 0 Å². The molecule has 1 fully saturated rings. The van der Waals surface area contributed by atoms with Gasteiger partial charge in [0.05, 0.1) is 0 Å². The van der Waals surface area contributed by atoms with Crippen LogP contribution in [-0.4, -0.2) is 30.7 Å². The molecule has 0 unspecified atom stereocenters. The molecule has 0 atom stereocenters. The number of carbonyl (C=O) groups is 2. The minimum Gasteiger partial charge on any atom is -0.383 e. The summed E-state index contributed by atoms with van der Waals surface area (Å²) in [5, 5.41) is 2.88. The molecule has 0 aliphatic heterocycles. The molecule has 20 heavy (non-hydrogen) atoms. The number of benzene rings is 1. The van der Waals surface area contributed by atoms with Crippen LogP contribution in [0.2, 0.25) is 0 Å². The van der Waals surface area contributed by atoms with E-state index in [1.54, 1.807) is 29.3 Å². The van der Waals surface area contributed by atoms with Crippen LogP contribution in [-0.2, 0) is 4.79 Å². The molecule has 1 N–H and O–H groups in total.